The molecule has 0 radical (unpaired) electrons. The van der Waals surface area contributed by atoms with E-state index in [1.54, 1.807) is 0 Å². The van der Waals surface area contributed by atoms with Crippen LogP contribution in [0, 0.1) is 5.41 Å². The number of piperazine rings is 1. The molecule has 0 aromatic carbocycles. The summed E-state index contributed by atoms with van der Waals surface area (Å²) in [6.07, 6.45) is 8.61. The summed E-state index contributed by atoms with van der Waals surface area (Å²) in [5.74, 6) is 0. The van der Waals surface area contributed by atoms with Gasteiger partial charge in [0.1, 0.15) is 0 Å². The van der Waals surface area contributed by atoms with Gasteiger partial charge in [0, 0.05) is 44.3 Å². The summed E-state index contributed by atoms with van der Waals surface area (Å²) in [5.41, 5.74) is 0.913. The monoisotopic (exact) mass is 279 g/mol. The zero-order valence-corrected chi connectivity index (χ0v) is 13.7. The van der Waals surface area contributed by atoms with Crippen LogP contribution in [-0.4, -0.2) is 61.2 Å². The Morgan fingerprint density at radius 3 is 2.40 bits per heavy atom. The fraction of sp³-hybridized carbons (Fsp3) is 1.00. The summed E-state index contributed by atoms with van der Waals surface area (Å²) in [7, 11) is 2.28. The van der Waals surface area contributed by atoms with Crippen molar-refractivity contribution in [3.8, 4) is 0 Å². The maximum absolute atomic E-state index is 3.82. The first-order valence-corrected chi connectivity index (χ1v) is 8.66. The molecule has 0 spiro atoms. The fourth-order valence-corrected chi connectivity index (χ4v) is 4.11. The number of nitrogens with one attached hydrogen (secondary N) is 1. The van der Waals surface area contributed by atoms with Crippen LogP contribution in [0.3, 0.4) is 0 Å². The molecule has 0 atom stereocenters. The number of hydrogen-bond donors (Lipinski definition) is 1. The average molecular weight is 279 g/mol. The van der Waals surface area contributed by atoms with Crippen LogP contribution in [0.25, 0.3) is 0 Å². The normalized spacial score (nSPS) is 30.8. The molecule has 3 nitrogen and oxygen atoms in total. The number of hydrogen-bond acceptors (Lipinski definition) is 3. The SMILES string of the molecule is CN1CCN(CC2(CNC3CC3)CCCC2)CC1(C)C. The van der Waals surface area contributed by atoms with Gasteiger partial charge in [0.05, 0.1) is 0 Å². The van der Waals surface area contributed by atoms with Crippen LogP contribution in [-0.2, 0) is 0 Å². The lowest BCUT2D eigenvalue weighted by Gasteiger charge is -2.48. The Hall–Kier alpha value is -0.120. The van der Waals surface area contributed by atoms with Crippen LogP contribution in [0.1, 0.15) is 52.4 Å². The van der Waals surface area contributed by atoms with E-state index in [-0.39, 0.29) is 0 Å². The Morgan fingerprint density at radius 1 is 1.10 bits per heavy atom. The largest absolute Gasteiger partial charge is 0.313 e. The van der Waals surface area contributed by atoms with Crippen molar-refractivity contribution < 1.29 is 0 Å². The second-order valence-corrected chi connectivity index (χ2v) is 8.31. The molecule has 3 rings (SSSR count). The van der Waals surface area contributed by atoms with Gasteiger partial charge in [-0.25, -0.2) is 0 Å². The average Bonchev–Trinajstić information content (AvgIpc) is 3.12. The Balaban J connectivity index is 1.58. The van der Waals surface area contributed by atoms with Crippen molar-refractivity contribution in [1.82, 2.24) is 15.1 Å². The van der Waals surface area contributed by atoms with E-state index < -0.39 is 0 Å². The van der Waals surface area contributed by atoms with Gasteiger partial charge < -0.3 is 5.32 Å². The predicted molar refractivity (Wildman–Crippen MR) is 85.1 cm³/mol. The van der Waals surface area contributed by atoms with Gasteiger partial charge in [-0.15, -0.1) is 0 Å². The van der Waals surface area contributed by atoms with E-state index >= 15 is 0 Å². The quantitative estimate of drug-likeness (QED) is 0.833. The highest BCUT2D eigenvalue weighted by molar-refractivity contribution is 4.96. The minimum absolute atomic E-state index is 0.335. The van der Waals surface area contributed by atoms with Crippen molar-refractivity contribution in [2.75, 3.05) is 39.8 Å². The van der Waals surface area contributed by atoms with Crippen LogP contribution < -0.4 is 5.32 Å². The van der Waals surface area contributed by atoms with Gasteiger partial charge in [-0.3, -0.25) is 9.80 Å². The summed E-state index contributed by atoms with van der Waals surface area (Å²) in [6, 6.07) is 0.858. The second kappa shape index (κ2) is 5.58. The smallest absolute Gasteiger partial charge is 0.0277 e. The first-order valence-electron chi connectivity index (χ1n) is 8.66. The van der Waals surface area contributed by atoms with Crippen LogP contribution >= 0.6 is 0 Å². The lowest BCUT2D eigenvalue weighted by molar-refractivity contribution is 0.0164. The molecule has 0 unspecified atom stereocenters. The van der Waals surface area contributed by atoms with Crippen LogP contribution in [0.5, 0.6) is 0 Å². The van der Waals surface area contributed by atoms with Crippen molar-refractivity contribution in [3.05, 3.63) is 0 Å². The maximum atomic E-state index is 3.82. The number of nitrogens with zero attached hydrogens (tertiary/aromatic N) is 2. The number of likely N-dealkylation sites (N-methyl/N-ethyl adjacent to an activating group) is 1. The van der Waals surface area contributed by atoms with Crippen LogP contribution in [0.4, 0.5) is 0 Å². The Labute approximate surface area is 125 Å². The molecular formula is C17H33N3. The molecule has 116 valence electrons. The van der Waals surface area contributed by atoms with E-state index in [2.05, 4.69) is 36.0 Å². The minimum Gasteiger partial charge on any atom is -0.313 e. The summed E-state index contributed by atoms with van der Waals surface area (Å²) < 4.78 is 0. The molecule has 3 heteroatoms. The summed E-state index contributed by atoms with van der Waals surface area (Å²) >= 11 is 0. The highest BCUT2D eigenvalue weighted by atomic mass is 15.3. The van der Waals surface area contributed by atoms with Gasteiger partial charge in [-0.2, -0.15) is 0 Å². The van der Waals surface area contributed by atoms with E-state index in [9.17, 15) is 0 Å². The molecular weight excluding hydrogens is 246 g/mol. The van der Waals surface area contributed by atoms with Gasteiger partial charge in [-0.05, 0) is 52.0 Å². The molecule has 1 aliphatic heterocycles. The standard InChI is InChI=1S/C17H33N3/c1-16(2)13-20(11-10-19(16)3)14-17(8-4-5-9-17)12-18-15-6-7-15/h15,18H,4-14H2,1-3H3. The molecule has 2 aliphatic carbocycles. The van der Waals surface area contributed by atoms with Crippen LogP contribution in [0.2, 0.25) is 0 Å². The molecule has 3 aliphatic rings. The third kappa shape index (κ3) is 3.37. The Kier molecular flexibility index (Phi) is 4.13. The topological polar surface area (TPSA) is 18.5 Å². The van der Waals surface area contributed by atoms with E-state index in [1.165, 1.54) is 71.2 Å². The van der Waals surface area contributed by atoms with Crippen molar-refractivity contribution in [1.29, 1.82) is 0 Å². The van der Waals surface area contributed by atoms with Crippen LogP contribution in [0.15, 0.2) is 0 Å². The van der Waals surface area contributed by atoms with Gasteiger partial charge in [-0.1, -0.05) is 12.8 Å². The van der Waals surface area contributed by atoms with Gasteiger partial charge in [0.25, 0.3) is 0 Å². The fourth-order valence-electron chi connectivity index (χ4n) is 4.11. The molecule has 1 heterocycles. The molecule has 3 fully saturated rings. The predicted octanol–water partition coefficient (Wildman–Crippen LogP) is 2.32. The van der Waals surface area contributed by atoms with Crippen molar-refractivity contribution >= 4 is 0 Å². The molecule has 1 saturated heterocycles. The second-order valence-electron chi connectivity index (χ2n) is 8.31. The lowest BCUT2D eigenvalue weighted by atomic mass is 9.84. The number of rotatable bonds is 5. The first-order chi connectivity index (χ1) is 9.49. The Morgan fingerprint density at radius 2 is 1.80 bits per heavy atom. The molecule has 0 amide bonds. The third-order valence-electron chi connectivity index (χ3n) is 5.96. The third-order valence-corrected chi connectivity index (χ3v) is 5.96. The van der Waals surface area contributed by atoms with Crippen molar-refractivity contribution in [2.24, 2.45) is 5.41 Å². The van der Waals surface area contributed by atoms with Gasteiger partial charge >= 0.3 is 0 Å². The zero-order chi connectivity index (χ0) is 14.2. The molecule has 2 saturated carbocycles. The highest BCUT2D eigenvalue weighted by Gasteiger charge is 2.39. The minimum atomic E-state index is 0.335. The molecule has 20 heavy (non-hydrogen) atoms. The lowest BCUT2D eigenvalue weighted by Crippen LogP contribution is -2.59. The van der Waals surface area contributed by atoms with Crippen molar-refractivity contribution in [2.45, 2.75) is 64.0 Å². The molecule has 0 bridgehead atoms. The first kappa shape index (κ1) is 14.8. The van der Waals surface area contributed by atoms with E-state index in [4.69, 9.17) is 0 Å². The van der Waals surface area contributed by atoms with E-state index in [0.717, 1.165) is 6.04 Å². The van der Waals surface area contributed by atoms with Crippen molar-refractivity contribution in [3.63, 3.8) is 0 Å². The van der Waals surface area contributed by atoms with E-state index in [0.29, 0.717) is 11.0 Å². The maximum Gasteiger partial charge on any atom is 0.0277 e. The van der Waals surface area contributed by atoms with Gasteiger partial charge in [0.15, 0.2) is 0 Å². The Bertz CT molecular complexity index is 329. The molecule has 1 N–H and O–H groups in total. The highest BCUT2D eigenvalue weighted by Crippen LogP contribution is 2.39. The van der Waals surface area contributed by atoms with E-state index in [1.807, 2.05) is 0 Å². The molecule has 0 aromatic heterocycles. The molecule has 0 aromatic rings. The summed E-state index contributed by atoms with van der Waals surface area (Å²) in [6.45, 7) is 11.1. The van der Waals surface area contributed by atoms with Gasteiger partial charge in [0.2, 0.25) is 0 Å². The summed E-state index contributed by atoms with van der Waals surface area (Å²) in [4.78, 5) is 5.27. The summed E-state index contributed by atoms with van der Waals surface area (Å²) in [5, 5.41) is 3.82. The zero-order valence-electron chi connectivity index (χ0n) is 13.7.